The summed E-state index contributed by atoms with van der Waals surface area (Å²) in [6.45, 7) is 3.24. The minimum atomic E-state index is -2.98. The lowest BCUT2D eigenvalue weighted by Gasteiger charge is -2.31. The van der Waals surface area contributed by atoms with E-state index in [1.807, 2.05) is 0 Å². The second kappa shape index (κ2) is 11.4. The number of hydrogen-bond acceptors (Lipinski definition) is 10. The number of halogens is 3. The highest BCUT2D eigenvalue weighted by molar-refractivity contribution is 7.11. The number of rotatable bonds is 9. The summed E-state index contributed by atoms with van der Waals surface area (Å²) in [5.74, 6) is -5.03. The van der Waals surface area contributed by atoms with Crippen molar-refractivity contribution in [1.29, 1.82) is 0 Å². The van der Waals surface area contributed by atoms with Gasteiger partial charge in [-0.2, -0.15) is 0 Å². The SMILES string of the molecule is CCOC(=O)C1=C(CN2CC(F)(F)C3CN(COC(=O)C4CC4)CC32)NC(c2nccs2)=N[C@H]1c1cccc(F)c1C. The van der Waals surface area contributed by atoms with Crippen molar-refractivity contribution in [3.63, 3.8) is 0 Å². The van der Waals surface area contributed by atoms with Crippen molar-refractivity contribution in [2.75, 3.05) is 39.5 Å². The summed E-state index contributed by atoms with van der Waals surface area (Å²) in [5.41, 5.74) is 1.30. The van der Waals surface area contributed by atoms with E-state index in [1.54, 1.807) is 47.4 Å². The van der Waals surface area contributed by atoms with Gasteiger partial charge in [-0.25, -0.2) is 22.9 Å². The normalized spacial score (nSPS) is 25.6. The van der Waals surface area contributed by atoms with Crippen molar-refractivity contribution < 1.29 is 32.2 Å². The van der Waals surface area contributed by atoms with Crippen LogP contribution in [-0.2, 0) is 19.1 Å². The van der Waals surface area contributed by atoms with Gasteiger partial charge in [-0.1, -0.05) is 12.1 Å². The van der Waals surface area contributed by atoms with Gasteiger partial charge >= 0.3 is 11.9 Å². The van der Waals surface area contributed by atoms with Gasteiger partial charge in [-0.05, 0) is 43.9 Å². The zero-order valence-electron chi connectivity index (χ0n) is 23.3. The molecule has 1 saturated carbocycles. The lowest BCUT2D eigenvalue weighted by Crippen LogP contribution is -2.43. The van der Waals surface area contributed by atoms with Gasteiger partial charge < -0.3 is 14.8 Å². The number of hydrogen-bond donors (Lipinski definition) is 1. The number of amidine groups is 1. The van der Waals surface area contributed by atoms with Crippen molar-refractivity contribution >= 4 is 29.1 Å². The third-order valence-corrected chi connectivity index (χ3v) is 9.09. The molecule has 0 radical (unpaired) electrons. The third-order valence-electron chi connectivity index (χ3n) is 8.31. The first-order valence-corrected chi connectivity index (χ1v) is 14.9. The number of alkyl halides is 2. The average Bonchev–Trinajstić information content (AvgIpc) is 3.38. The van der Waals surface area contributed by atoms with Gasteiger partial charge in [0, 0.05) is 43.0 Å². The van der Waals surface area contributed by atoms with Crippen LogP contribution < -0.4 is 5.32 Å². The van der Waals surface area contributed by atoms with Crippen LogP contribution in [0.5, 0.6) is 0 Å². The molecule has 6 rings (SSSR count). The molecule has 1 aromatic heterocycles. The first-order valence-electron chi connectivity index (χ1n) is 14.1. The van der Waals surface area contributed by atoms with Crippen molar-refractivity contribution in [2.24, 2.45) is 16.8 Å². The molecule has 1 aromatic carbocycles. The first-order chi connectivity index (χ1) is 20.2. The highest BCUT2D eigenvalue weighted by atomic mass is 32.1. The van der Waals surface area contributed by atoms with E-state index in [0.717, 1.165) is 12.8 Å². The molecule has 3 aliphatic heterocycles. The molecule has 2 saturated heterocycles. The number of benzene rings is 1. The summed E-state index contributed by atoms with van der Waals surface area (Å²) in [6.07, 6.45) is 3.23. The summed E-state index contributed by atoms with van der Waals surface area (Å²) in [7, 11) is 0. The van der Waals surface area contributed by atoms with Gasteiger partial charge in [0.1, 0.15) is 18.6 Å². The van der Waals surface area contributed by atoms with Crippen molar-refractivity contribution in [1.82, 2.24) is 20.1 Å². The molecule has 0 bridgehead atoms. The van der Waals surface area contributed by atoms with Gasteiger partial charge in [-0.3, -0.25) is 19.6 Å². The van der Waals surface area contributed by atoms with Crippen molar-refractivity contribution in [3.8, 4) is 0 Å². The number of fused-ring (bicyclic) bond motifs is 1. The van der Waals surface area contributed by atoms with E-state index in [9.17, 15) is 14.0 Å². The summed E-state index contributed by atoms with van der Waals surface area (Å²) in [6, 6.07) is 3.12. The number of carbonyl (C=O) groups excluding carboxylic acids is 2. The molecular weight excluding hydrogens is 571 g/mol. The van der Waals surface area contributed by atoms with Crippen molar-refractivity contribution in [2.45, 2.75) is 44.7 Å². The number of aliphatic imine (C=N–C) groups is 1. The fourth-order valence-corrected chi connectivity index (χ4v) is 6.58. The number of esters is 2. The Morgan fingerprint density at radius 3 is 2.74 bits per heavy atom. The Morgan fingerprint density at radius 2 is 2.02 bits per heavy atom. The smallest absolute Gasteiger partial charge is 0.338 e. The van der Waals surface area contributed by atoms with Gasteiger partial charge in [0.15, 0.2) is 10.8 Å². The van der Waals surface area contributed by atoms with Crippen LogP contribution in [0, 0.1) is 24.6 Å². The maximum Gasteiger partial charge on any atom is 0.338 e. The van der Waals surface area contributed by atoms with Gasteiger partial charge in [-0.15, -0.1) is 11.3 Å². The van der Waals surface area contributed by atoms with Crippen LogP contribution in [0.25, 0.3) is 0 Å². The Balaban J connectivity index is 1.33. The van der Waals surface area contributed by atoms with E-state index in [-0.39, 0.29) is 43.9 Å². The standard InChI is InChI=1S/C29H32F3N5O4S/c1-3-40-28(39)23-21(34-25(26-33-9-10-42-26)35-24(23)18-5-4-6-20(30)16(18)2)12-37-14-29(31,32)19-11-36(13-22(19)37)15-41-27(38)17-7-8-17/h4-6,9-10,17,19,22,24H,3,7-8,11-15H2,1-2H3,(H,34,35)/t19?,22?,24-/m0/s1. The first kappa shape index (κ1) is 28.8. The lowest BCUT2D eigenvalue weighted by molar-refractivity contribution is -0.150. The predicted octanol–water partition coefficient (Wildman–Crippen LogP) is 3.66. The summed E-state index contributed by atoms with van der Waals surface area (Å²) in [4.78, 5) is 38.0. The zero-order chi connectivity index (χ0) is 29.6. The molecular formula is C29H32F3N5O4S. The van der Waals surface area contributed by atoms with Crippen LogP contribution in [0.15, 0.2) is 46.0 Å². The second-order valence-electron chi connectivity index (χ2n) is 11.2. The Labute approximate surface area is 245 Å². The minimum Gasteiger partial charge on any atom is -0.463 e. The Kier molecular flexibility index (Phi) is 7.83. The van der Waals surface area contributed by atoms with Gasteiger partial charge in [0.25, 0.3) is 5.92 Å². The predicted molar refractivity (Wildman–Crippen MR) is 148 cm³/mol. The number of nitrogens with zero attached hydrogens (tertiary/aromatic N) is 4. The second-order valence-corrected chi connectivity index (χ2v) is 12.0. The monoisotopic (exact) mass is 603 g/mol. The fraction of sp³-hybridized carbons (Fsp3) is 0.517. The molecule has 4 heterocycles. The fourth-order valence-electron chi connectivity index (χ4n) is 5.99. The quantitative estimate of drug-likeness (QED) is 0.434. The molecule has 3 fully saturated rings. The van der Waals surface area contributed by atoms with Crippen LogP contribution >= 0.6 is 11.3 Å². The molecule has 0 spiro atoms. The third kappa shape index (κ3) is 5.57. The molecule has 9 nitrogen and oxygen atoms in total. The van der Waals surface area contributed by atoms with Crippen LogP contribution in [0.1, 0.15) is 41.9 Å². The summed E-state index contributed by atoms with van der Waals surface area (Å²) >= 11 is 1.33. The highest BCUT2D eigenvalue weighted by Crippen LogP contribution is 2.43. The topological polar surface area (TPSA) is 96.4 Å². The van der Waals surface area contributed by atoms with E-state index in [2.05, 4.69) is 10.3 Å². The maximum atomic E-state index is 15.4. The van der Waals surface area contributed by atoms with E-state index >= 15 is 8.78 Å². The van der Waals surface area contributed by atoms with Crippen LogP contribution in [0.2, 0.25) is 0 Å². The number of nitrogens with one attached hydrogen (secondary N) is 1. The van der Waals surface area contributed by atoms with Gasteiger partial charge in [0.05, 0.1) is 30.6 Å². The van der Waals surface area contributed by atoms with E-state index in [0.29, 0.717) is 34.2 Å². The highest BCUT2D eigenvalue weighted by Gasteiger charge is 2.58. The molecule has 13 heteroatoms. The molecule has 1 N–H and O–H groups in total. The van der Waals surface area contributed by atoms with E-state index < -0.39 is 42.3 Å². The average molecular weight is 604 g/mol. The summed E-state index contributed by atoms with van der Waals surface area (Å²) in [5, 5.41) is 5.52. The van der Waals surface area contributed by atoms with Gasteiger partial charge in [0.2, 0.25) is 0 Å². The molecule has 2 unspecified atom stereocenters. The number of carbonyl (C=O) groups is 2. The number of ether oxygens (including phenoxy) is 2. The van der Waals surface area contributed by atoms with E-state index in [1.165, 1.54) is 17.4 Å². The maximum absolute atomic E-state index is 15.4. The van der Waals surface area contributed by atoms with Crippen LogP contribution in [0.3, 0.4) is 0 Å². The van der Waals surface area contributed by atoms with E-state index in [4.69, 9.17) is 14.5 Å². The Bertz CT molecular complexity index is 1430. The largest absolute Gasteiger partial charge is 0.463 e. The summed E-state index contributed by atoms with van der Waals surface area (Å²) < 4.78 is 56.2. The molecule has 4 aliphatic rings. The molecule has 42 heavy (non-hydrogen) atoms. The molecule has 3 atom stereocenters. The Hall–Kier alpha value is -3.29. The molecule has 1 aliphatic carbocycles. The number of thiazole rings is 1. The Morgan fingerprint density at radius 1 is 1.21 bits per heavy atom. The minimum absolute atomic E-state index is 0.0180. The molecule has 0 amide bonds. The number of likely N-dealkylation sites (tertiary alicyclic amines) is 2. The van der Waals surface area contributed by atoms with Crippen molar-refractivity contribution in [3.05, 3.63) is 63.0 Å². The zero-order valence-corrected chi connectivity index (χ0v) is 24.1. The lowest BCUT2D eigenvalue weighted by atomic mass is 9.92. The van der Waals surface area contributed by atoms with Crippen LogP contribution in [-0.4, -0.2) is 84.0 Å². The molecule has 2 aromatic rings. The molecule has 224 valence electrons. The number of aromatic nitrogens is 1. The van der Waals surface area contributed by atoms with Crippen LogP contribution in [0.4, 0.5) is 13.2 Å².